The van der Waals surface area contributed by atoms with Crippen LogP contribution in [-0.4, -0.2) is 20.2 Å². The first kappa shape index (κ1) is 13.8. The third-order valence-corrected chi connectivity index (χ3v) is 4.26. The van der Waals surface area contributed by atoms with E-state index in [4.69, 9.17) is 0 Å². The van der Waals surface area contributed by atoms with Gasteiger partial charge >= 0.3 is 0 Å². The van der Waals surface area contributed by atoms with Crippen molar-refractivity contribution >= 4 is 11.8 Å². The van der Waals surface area contributed by atoms with Crippen LogP contribution in [0.25, 0.3) is 5.69 Å². The minimum atomic E-state index is 0.788. The molecule has 3 rings (SSSR count). The molecule has 21 heavy (non-hydrogen) atoms. The molecule has 0 aliphatic carbocycles. The van der Waals surface area contributed by atoms with Crippen molar-refractivity contribution in [3.63, 3.8) is 0 Å². The smallest absolute Gasteiger partial charge is 0.166 e. The Hall–Kier alpha value is -2.14. The molecule has 0 N–H and O–H groups in total. The van der Waals surface area contributed by atoms with E-state index in [0.29, 0.717) is 0 Å². The quantitative estimate of drug-likeness (QED) is 0.724. The Bertz CT molecular complexity index is 709. The fourth-order valence-corrected chi connectivity index (χ4v) is 3.10. The Kier molecular flexibility index (Phi) is 4.31. The largest absolute Gasteiger partial charge is 0.196 e. The van der Waals surface area contributed by atoms with Gasteiger partial charge < -0.3 is 0 Å². The highest BCUT2D eigenvalue weighted by Gasteiger charge is 2.08. The van der Waals surface area contributed by atoms with Crippen LogP contribution in [0.15, 0.2) is 54.6 Å². The normalized spacial score (nSPS) is 10.7. The molecule has 1 heterocycles. The van der Waals surface area contributed by atoms with Gasteiger partial charge in [-0.1, -0.05) is 42.5 Å². The summed E-state index contributed by atoms with van der Waals surface area (Å²) in [6.45, 7) is 2.14. The standard InChI is InChI=1S/C16H16N4S/c1-13-7-5-6-8-14(13)11-21-12-16-17-18-19-20(16)15-9-3-2-4-10-15/h2-10H,11-12H2,1H3. The Morgan fingerprint density at radius 2 is 1.71 bits per heavy atom. The second kappa shape index (κ2) is 6.54. The second-order valence-electron chi connectivity index (χ2n) is 4.76. The number of aryl methyl sites for hydroxylation is 1. The number of nitrogens with zero attached hydrogens (tertiary/aromatic N) is 4. The summed E-state index contributed by atoms with van der Waals surface area (Å²) < 4.78 is 1.80. The zero-order valence-corrected chi connectivity index (χ0v) is 12.6. The highest BCUT2D eigenvalue weighted by Crippen LogP contribution is 2.20. The van der Waals surface area contributed by atoms with Gasteiger partial charge in [-0.05, 0) is 40.6 Å². The SMILES string of the molecule is Cc1ccccc1CSCc1nnnn1-c1ccccc1. The lowest BCUT2D eigenvalue weighted by Gasteiger charge is -2.06. The van der Waals surface area contributed by atoms with Crippen molar-refractivity contribution < 1.29 is 0 Å². The van der Waals surface area contributed by atoms with E-state index in [1.807, 2.05) is 42.1 Å². The molecular formula is C16H16N4S. The predicted octanol–water partition coefficient (Wildman–Crippen LogP) is 3.40. The molecule has 1 aromatic heterocycles. The van der Waals surface area contributed by atoms with Crippen LogP contribution in [-0.2, 0) is 11.5 Å². The monoisotopic (exact) mass is 296 g/mol. The molecule has 3 aromatic rings. The van der Waals surface area contributed by atoms with Gasteiger partial charge in [0.1, 0.15) is 0 Å². The highest BCUT2D eigenvalue weighted by molar-refractivity contribution is 7.97. The van der Waals surface area contributed by atoms with Gasteiger partial charge in [0.05, 0.1) is 11.4 Å². The zero-order chi connectivity index (χ0) is 14.5. The van der Waals surface area contributed by atoms with E-state index in [1.54, 1.807) is 4.68 Å². The molecule has 4 nitrogen and oxygen atoms in total. The minimum Gasteiger partial charge on any atom is -0.196 e. The predicted molar refractivity (Wildman–Crippen MR) is 85.3 cm³/mol. The number of rotatable bonds is 5. The first-order chi connectivity index (χ1) is 10.3. The molecule has 0 atom stereocenters. The van der Waals surface area contributed by atoms with Gasteiger partial charge in [-0.15, -0.1) is 16.9 Å². The summed E-state index contributed by atoms with van der Waals surface area (Å²) in [6, 6.07) is 18.4. The average Bonchev–Trinajstić information content (AvgIpc) is 2.99. The van der Waals surface area contributed by atoms with E-state index in [0.717, 1.165) is 23.0 Å². The number of benzene rings is 2. The lowest BCUT2D eigenvalue weighted by Crippen LogP contribution is -2.02. The number of aromatic nitrogens is 4. The van der Waals surface area contributed by atoms with Crippen LogP contribution in [0.4, 0.5) is 0 Å². The van der Waals surface area contributed by atoms with Crippen molar-refractivity contribution in [1.29, 1.82) is 0 Å². The van der Waals surface area contributed by atoms with Gasteiger partial charge in [0.15, 0.2) is 5.82 Å². The van der Waals surface area contributed by atoms with Crippen molar-refractivity contribution in [2.75, 3.05) is 0 Å². The first-order valence-electron chi connectivity index (χ1n) is 6.79. The van der Waals surface area contributed by atoms with Crippen LogP contribution in [0.2, 0.25) is 0 Å². The number of thioether (sulfide) groups is 1. The van der Waals surface area contributed by atoms with Crippen molar-refractivity contribution in [1.82, 2.24) is 20.2 Å². The zero-order valence-electron chi connectivity index (χ0n) is 11.8. The molecule has 0 radical (unpaired) electrons. The lowest BCUT2D eigenvalue weighted by molar-refractivity contribution is 0.777. The number of hydrogen-bond donors (Lipinski definition) is 0. The summed E-state index contributed by atoms with van der Waals surface area (Å²) in [5, 5.41) is 12.0. The molecule has 0 aliphatic heterocycles. The minimum absolute atomic E-state index is 0.788. The van der Waals surface area contributed by atoms with E-state index < -0.39 is 0 Å². The molecule has 5 heteroatoms. The first-order valence-corrected chi connectivity index (χ1v) is 7.95. The molecule has 0 aliphatic rings. The molecule has 0 saturated carbocycles. The maximum Gasteiger partial charge on any atom is 0.166 e. The highest BCUT2D eigenvalue weighted by atomic mass is 32.2. The molecule has 0 unspecified atom stereocenters. The van der Waals surface area contributed by atoms with Crippen LogP contribution in [0.5, 0.6) is 0 Å². The molecule has 0 bridgehead atoms. The fraction of sp³-hybridized carbons (Fsp3) is 0.188. The Morgan fingerprint density at radius 3 is 2.52 bits per heavy atom. The maximum absolute atomic E-state index is 4.13. The van der Waals surface area contributed by atoms with E-state index in [1.165, 1.54) is 11.1 Å². The molecule has 106 valence electrons. The van der Waals surface area contributed by atoms with Gasteiger partial charge in [0, 0.05) is 5.75 Å². The van der Waals surface area contributed by atoms with Crippen LogP contribution in [0, 0.1) is 6.92 Å². The van der Waals surface area contributed by atoms with Gasteiger partial charge in [-0.3, -0.25) is 0 Å². The van der Waals surface area contributed by atoms with E-state index in [9.17, 15) is 0 Å². The van der Waals surface area contributed by atoms with Gasteiger partial charge in [-0.25, -0.2) is 0 Å². The van der Waals surface area contributed by atoms with Crippen molar-refractivity contribution in [3.05, 3.63) is 71.5 Å². The summed E-state index contributed by atoms with van der Waals surface area (Å²) in [6.07, 6.45) is 0. The fourth-order valence-electron chi connectivity index (χ4n) is 2.09. The topological polar surface area (TPSA) is 43.6 Å². The Labute approximate surface area is 128 Å². The molecule has 2 aromatic carbocycles. The van der Waals surface area contributed by atoms with E-state index >= 15 is 0 Å². The van der Waals surface area contributed by atoms with Crippen LogP contribution in [0.3, 0.4) is 0 Å². The third kappa shape index (κ3) is 3.31. The number of para-hydroxylation sites is 1. The summed E-state index contributed by atoms with van der Waals surface area (Å²) in [5.41, 5.74) is 3.68. The molecular weight excluding hydrogens is 280 g/mol. The average molecular weight is 296 g/mol. The van der Waals surface area contributed by atoms with Gasteiger partial charge in [-0.2, -0.15) is 4.68 Å². The van der Waals surface area contributed by atoms with E-state index in [-0.39, 0.29) is 0 Å². The maximum atomic E-state index is 4.13. The molecule has 0 amide bonds. The van der Waals surface area contributed by atoms with Crippen molar-refractivity contribution in [3.8, 4) is 5.69 Å². The lowest BCUT2D eigenvalue weighted by atomic mass is 10.1. The summed E-state index contributed by atoms with van der Waals surface area (Å²) in [4.78, 5) is 0. The van der Waals surface area contributed by atoms with Crippen LogP contribution >= 0.6 is 11.8 Å². The number of tetrazole rings is 1. The number of hydrogen-bond acceptors (Lipinski definition) is 4. The van der Waals surface area contributed by atoms with E-state index in [2.05, 4.69) is 46.7 Å². The van der Waals surface area contributed by atoms with Crippen LogP contribution < -0.4 is 0 Å². The van der Waals surface area contributed by atoms with Crippen molar-refractivity contribution in [2.45, 2.75) is 18.4 Å². The summed E-state index contributed by atoms with van der Waals surface area (Å²) >= 11 is 1.82. The molecule has 0 spiro atoms. The molecule has 0 saturated heterocycles. The second-order valence-corrected chi connectivity index (χ2v) is 5.75. The Morgan fingerprint density at radius 1 is 0.952 bits per heavy atom. The van der Waals surface area contributed by atoms with Gasteiger partial charge in [0.25, 0.3) is 0 Å². The third-order valence-electron chi connectivity index (χ3n) is 3.28. The van der Waals surface area contributed by atoms with Crippen molar-refractivity contribution in [2.24, 2.45) is 0 Å². The summed E-state index contributed by atoms with van der Waals surface area (Å²) in [7, 11) is 0. The summed E-state index contributed by atoms with van der Waals surface area (Å²) in [5.74, 6) is 2.63. The molecule has 0 fully saturated rings. The van der Waals surface area contributed by atoms with Crippen LogP contribution in [0.1, 0.15) is 17.0 Å². The van der Waals surface area contributed by atoms with Gasteiger partial charge in [0.2, 0.25) is 0 Å². The Balaban J connectivity index is 1.67.